The van der Waals surface area contributed by atoms with Crippen molar-refractivity contribution < 1.29 is 9.90 Å². The van der Waals surface area contributed by atoms with Gasteiger partial charge in [0.15, 0.2) is 0 Å². The second kappa shape index (κ2) is 13.7. The van der Waals surface area contributed by atoms with Crippen LogP contribution in [-0.4, -0.2) is 21.8 Å². The topological polar surface area (TPSA) is 76.2 Å². The summed E-state index contributed by atoms with van der Waals surface area (Å²) in [4.78, 5) is 15.1. The lowest BCUT2D eigenvalue weighted by atomic mass is 9.90. The second-order valence-electron chi connectivity index (χ2n) is 11.5. The van der Waals surface area contributed by atoms with Gasteiger partial charge in [-0.2, -0.15) is 12.6 Å². The number of pyridine rings is 1. The Bertz CT molecular complexity index is 1520. The van der Waals surface area contributed by atoms with Crippen LogP contribution in [-0.2, 0) is 23.2 Å². The Kier molecular flexibility index (Phi) is 10.3. The summed E-state index contributed by atoms with van der Waals surface area (Å²) in [7, 11) is 0. The van der Waals surface area contributed by atoms with Gasteiger partial charge < -0.3 is 10.8 Å². The number of carbonyl (C=O) groups is 1. The Labute approximate surface area is 254 Å². The number of halogens is 1. The summed E-state index contributed by atoms with van der Waals surface area (Å²) in [6.45, 7) is 3.70. The van der Waals surface area contributed by atoms with Crippen molar-refractivity contribution in [3.63, 3.8) is 0 Å². The fourth-order valence-corrected chi connectivity index (χ4v) is 5.58. The Morgan fingerprint density at radius 2 is 1.78 bits per heavy atom. The first-order valence-corrected chi connectivity index (χ1v) is 15.1. The molecule has 0 saturated heterocycles. The predicted octanol–water partition coefficient (Wildman–Crippen LogP) is 8.03. The van der Waals surface area contributed by atoms with Crippen LogP contribution in [0.25, 0.3) is 23.1 Å². The number of aliphatic hydroxyl groups is 1. The van der Waals surface area contributed by atoms with E-state index >= 15 is 0 Å². The van der Waals surface area contributed by atoms with Gasteiger partial charge in [-0.3, -0.25) is 4.79 Å². The van der Waals surface area contributed by atoms with E-state index in [9.17, 15) is 9.90 Å². The number of benzene rings is 3. The number of amides is 1. The van der Waals surface area contributed by atoms with Gasteiger partial charge in [0, 0.05) is 16.8 Å². The first-order valence-electron chi connectivity index (χ1n) is 14.1. The van der Waals surface area contributed by atoms with Gasteiger partial charge in [0.05, 0.1) is 16.8 Å². The highest BCUT2D eigenvalue weighted by atomic mass is 35.5. The number of nitrogens with zero attached hydrogens (tertiary/aromatic N) is 1. The maximum Gasteiger partial charge on any atom is 0.218 e. The highest BCUT2D eigenvalue weighted by Crippen LogP contribution is 2.49. The summed E-state index contributed by atoms with van der Waals surface area (Å²) in [5.74, 6) is 0.609. The number of nitrogens with two attached hydrogens (primary N) is 1. The number of fused-ring (bicyclic) bond motifs is 1. The van der Waals surface area contributed by atoms with E-state index in [1.807, 2.05) is 62.4 Å². The first kappa shape index (κ1) is 30.8. The van der Waals surface area contributed by atoms with Crippen LogP contribution in [0.5, 0.6) is 0 Å². The van der Waals surface area contributed by atoms with Crippen LogP contribution in [0.4, 0.5) is 0 Å². The lowest BCUT2D eigenvalue weighted by molar-refractivity contribution is -0.119. The Hall–Kier alpha value is -3.12. The molecule has 1 heterocycles. The summed E-state index contributed by atoms with van der Waals surface area (Å²) in [5, 5.41) is 12.2. The highest BCUT2D eigenvalue weighted by molar-refractivity contribution is 7.80. The van der Waals surface area contributed by atoms with Crippen molar-refractivity contribution in [1.29, 1.82) is 0 Å². The van der Waals surface area contributed by atoms with Gasteiger partial charge in [0.25, 0.3) is 0 Å². The fraction of sp³-hybridized carbons (Fsp3) is 0.314. The largest absolute Gasteiger partial charge is 0.386 e. The van der Waals surface area contributed by atoms with Crippen LogP contribution in [0.15, 0.2) is 78.9 Å². The maximum absolute atomic E-state index is 10.4. The molecule has 4 aromatic rings. The van der Waals surface area contributed by atoms with Crippen LogP contribution in [0.2, 0.25) is 5.02 Å². The molecule has 0 unspecified atom stereocenters. The number of rotatable bonds is 10. The minimum atomic E-state index is -0.816. The molecule has 0 aliphatic heterocycles. The lowest BCUT2D eigenvalue weighted by Gasteiger charge is -2.21. The maximum atomic E-state index is 10.4. The van der Waals surface area contributed by atoms with Crippen molar-refractivity contribution in [1.82, 2.24) is 4.98 Å². The van der Waals surface area contributed by atoms with Crippen molar-refractivity contribution in [2.45, 2.75) is 58.0 Å². The average molecular weight is 587 g/mol. The molecule has 0 radical (unpaired) electrons. The first-order chi connectivity index (χ1) is 19.6. The number of hydrogen-bond acceptors (Lipinski definition) is 4. The summed E-state index contributed by atoms with van der Waals surface area (Å²) in [6, 6.07) is 26.7. The monoisotopic (exact) mass is 586 g/mol. The van der Waals surface area contributed by atoms with Gasteiger partial charge in [-0.15, -0.1) is 0 Å². The molecular formula is C35H39ClN2O2S. The molecule has 1 aliphatic carbocycles. The number of hydrogen-bond donors (Lipinski definition) is 3. The van der Waals surface area contributed by atoms with E-state index in [0.717, 1.165) is 65.6 Å². The van der Waals surface area contributed by atoms with Crippen molar-refractivity contribution in [2.75, 3.05) is 5.75 Å². The minimum Gasteiger partial charge on any atom is -0.386 e. The third-order valence-corrected chi connectivity index (χ3v) is 8.41. The van der Waals surface area contributed by atoms with Crippen LogP contribution >= 0.6 is 24.2 Å². The fourth-order valence-electron chi connectivity index (χ4n) is 4.99. The molecule has 214 valence electrons. The number of aromatic nitrogens is 1. The molecule has 0 bridgehead atoms. The molecule has 5 rings (SSSR count). The molecule has 3 aromatic carbocycles. The quantitative estimate of drug-likeness (QED) is 0.165. The molecule has 1 fully saturated rings. The molecule has 1 amide bonds. The van der Waals surface area contributed by atoms with Gasteiger partial charge in [-0.05, 0) is 104 Å². The Morgan fingerprint density at radius 1 is 1.02 bits per heavy atom. The third kappa shape index (κ3) is 9.19. The zero-order chi connectivity index (χ0) is 29.5. The zero-order valence-corrected chi connectivity index (χ0v) is 25.5. The van der Waals surface area contributed by atoms with Gasteiger partial charge in [-0.25, -0.2) is 4.98 Å². The van der Waals surface area contributed by atoms with Crippen molar-refractivity contribution in [3.05, 3.63) is 112 Å². The molecule has 0 atom stereocenters. The van der Waals surface area contributed by atoms with Crippen LogP contribution < -0.4 is 5.73 Å². The summed E-state index contributed by atoms with van der Waals surface area (Å²) < 4.78 is 0. The average Bonchev–Trinajstić information content (AvgIpc) is 3.71. The van der Waals surface area contributed by atoms with E-state index in [-0.39, 0.29) is 11.3 Å². The normalized spacial score (nSPS) is 14.1. The molecule has 41 heavy (non-hydrogen) atoms. The molecule has 4 nitrogen and oxygen atoms in total. The molecule has 3 N–H and O–H groups in total. The summed E-state index contributed by atoms with van der Waals surface area (Å²) >= 11 is 10.2. The number of thiol groups is 1. The minimum absolute atomic E-state index is 0.193. The third-order valence-electron chi connectivity index (χ3n) is 7.50. The van der Waals surface area contributed by atoms with E-state index in [1.165, 1.54) is 11.1 Å². The standard InChI is InChI=1S/C29H28ClNO.C6H11NOS/c1-29(2,32)27-12-4-3-10-23(27)11-6-9-21-7-5-8-22(19-21)13-17-26-18-15-24-14-16-25(30)20-28(24)31-26;7-5(8)3-6(4-9)1-2-6/h3-5,7-8,10,12-20,32H,6,9,11H2,1-2H3;9H,1-4H2,(H2,7,8)/b17-13+;. The van der Waals surface area contributed by atoms with Gasteiger partial charge in [-0.1, -0.05) is 78.3 Å². The zero-order valence-electron chi connectivity index (χ0n) is 23.8. The van der Waals surface area contributed by atoms with Crippen LogP contribution in [0.1, 0.15) is 67.5 Å². The molecule has 1 aromatic heterocycles. The SMILES string of the molecule is CC(C)(O)c1ccccc1CCCc1cccc(/C=C/c2ccc3ccc(Cl)cc3n2)c1.NC(=O)CC1(CS)CC1. The smallest absolute Gasteiger partial charge is 0.218 e. The highest BCUT2D eigenvalue weighted by Gasteiger charge is 2.42. The van der Waals surface area contributed by atoms with E-state index < -0.39 is 5.60 Å². The molecule has 1 aliphatic rings. The van der Waals surface area contributed by atoms with E-state index in [2.05, 4.69) is 55.1 Å². The number of aryl methyl sites for hydroxylation is 2. The van der Waals surface area contributed by atoms with Crippen molar-refractivity contribution >= 4 is 53.2 Å². The van der Waals surface area contributed by atoms with Gasteiger partial charge in [0.1, 0.15) is 0 Å². The Morgan fingerprint density at radius 3 is 2.46 bits per heavy atom. The van der Waals surface area contributed by atoms with Crippen LogP contribution in [0.3, 0.4) is 0 Å². The van der Waals surface area contributed by atoms with Gasteiger partial charge >= 0.3 is 0 Å². The number of primary amides is 1. The molecule has 6 heteroatoms. The predicted molar refractivity (Wildman–Crippen MR) is 175 cm³/mol. The molecule has 0 spiro atoms. The van der Waals surface area contributed by atoms with E-state index in [1.54, 1.807) is 0 Å². The van der Waals surface area contributed by atoms with Gasteiger partial charge in [0.2, 0.25) is 5.91 Å². The lowest BCUT2D eigenvalue weighted by Crippen LogP contribution is -2.18. The van der Waals surface area contributed by atoms with Crippen LogP contribution in [0, 0.1) is 5.41 Å². The van der Waals surface area contributed by atoms with Crippen molar-refractivity contribution in [2.24, 2.45) is 11.1 Å². The van der Waals surface area contributed by atoms with E-state index in [4.69, 9.17) is 22.3 Å². The van der Waals surface area contributed by atoms with Crippen molar-refractivity contribution in [3.8, 4) is 0 Å². The van der Waals surface area contributed by atoms with E-state index in [0.29, 0.717) is 11.4 Å². The molecular weight excluding hydrogens is 548 g/mol. The number of carbonyl (C=O) groups excluding carboxylic acids is 1. The second-order valence-corrected chi connectivity index (χ2v) is 12.3. The summed E-state index contributed by atoms with van der Waals surface area (Å²) in [6.07, 6.45) is 9.89. The summed E-state index contributed by atoms with van der Waals surface area (Å²) in [5.41, 5.74) is 10.9. The molecule has 1 saturated carbocycles. The Balaban J connectivity index is 0.000000367.